The second-order valence-corrected chi connectivity index (χ2v) is 14.7. The number of fused-ring (bicyclic) bond motifs is 2. The number of hydrogen-bond acceptors (Lipinski definition) is 7. The quantitative estimate of drug-likeness (QED) is 0.0899. The minimum atomic E-state index is -3.56. The lowest BCUT2D eigenvalue weighted by atomic mass is 9.93. The van der Waals surface area contributed by atoms with Gasteiger partial charge in [0.25, 0.3) is 12.3 Å². The predicted octanol–water partition coefficient (Wildman–Crippen LogP) is 6.37. The van der Waals surface area contributed by atoms with Crippen LogP contribution in [0.5, 0.6) is 0 Å². The number of rotatable bonds is 11. The van der Waals surface area contributed by atoms with E-state index in [0.29, 0.717) is 32.8 Å². The minimum Gasteiger partial charge on any atom is -0.378 e. The Labute approximate surface area is 327 Å². The molecule has 57 heavy (non-hydrogen) atoms. The van der Waals surface area contributed by atoms with Crippen LogP contribution in [0.2, 0.25) is 5.02 Å². The van der Waals surface area contributed by atoms with E-state index in [-0.39, 0.29) is 52.7 Å². The second kappa shape index (κ2) is 15.8. The van der Waals surface area contributed by atoms with Gasteiger partial charge in [-0.05, 0) is 75.6 Å². The number of hydrogen-bond donors (Lipinski definition) is 4. The van der Waals surface area contributed by atoms with Gasteiger partial charge in [-0.25, -0.2) is 22.5 Å². The van der Waals surface area contributed by atoms with Crippen molar-refractivity contribution in [2.75, 3.05) is 18.9 Å². The molecule has 18 heteroatoms. The number of halogens is 7. The number of carbonyl (C=O) groups is 2. The van der Waals surface area contributed by atoms with Crippen LogP contribution in [0.3, 0.4) is 0 Å². The lowest BCUT2D eigenvalue weighted by Gasteiger charge is -2.23. The summed E-state index contributed by atoms with van der Waals surface area (Å²) in [7, 11) is 3.20. The molecule has 0 fully saturated rings. The summed E-state index contributed by atoms with van der Waals surface area (Å²) in [6.07, 6.45) is -3.86. The molecule has 300 valence electrons. The van der Waals surface area contributed by atoms with E-state index in [1.807, 2.05) is 0 Å². The summed E-state index contributed by atoms with van der Waals surface area (Å²) in [5.41, 5.74) is -2.01. The molecule has 0 radical (unpaired) electrons. The van der Waals surface area contributed by atoms with Gasteiger partial charge in [-0.15, -0.1) is 0 Å². The van der Waals surface area contributed by atoms with Crippen molar-refractivity contribution in [1.29, 1.82) is 0 Å². The molecule has 4 N–H and O–H groups in total. The van der Waals surface area contributed by atoms with Crippen LogP contribution < -0.4 is 16.0 Å². The van der Waals surface area contributed by atoms with Crippen LogP contribution in [0.1, 0.15) is 67.1 Å². The zero-order chi connectivity index (χ0) is 41.6. The van der Waals surface area contributed by atoms with Crippen molar-refractivity contribution in [3.8, 4) is 23.0 Å². The summed E-state index contributed by atoms with van der Waals surface area (Å²) < 4.78 is 89.8. The van der Waals surface area contributed by atoms with Crippen molar-refractivity contribution in [2.24, 2.45) is 13.0 Å². The first-order chi connectivity index (χ1) is 26.8. The van der Waals surface area contributed by atoms with Crippen LogP contribution >= 0.6 is 11.6 Å². The summed E-state index contributed by atoms with van der Waals surface area (Å²) in [6.45, 7) is 3.17. The number of nitrogens with one attached hydrogen (secondary N) is 3. The highest BCUT2D eigenvalue weighted by atomic mass is 35.5. The average Bonchev–Trinajstić information content (AvgIpc) is 3.71. The molecule has 5 aromatic rings. The maximum atomic E-state index is 15.4. The lowest BCUT2D eigenvalue weighted by molar-refractivity contribution is -0.123. The zero-order valence-corrected chi connectivity index (χ0v) is 32.0. The maximum absolute atomic E-state index is 15.4. The molecule has 3 aromatic heterocycles. The highest BCUT2D eigenvalue weighted by molar-refractivity contribution is 6.37. The number of alkyl halides is 4. The smallest absolute Gasteiger partial charge is 0.292 e. The minimum absolute atomic E-state index is 0.0277. The second-order valence-electron chi connectivity index (χ2n) is 14.3. The summed E-state index contributed by atoms with van der Waals surface area (Å²) in [6, 6.07) is 7.78. The number of aromatic nitrogens is 5. The Hall–Kier alpha value is -5.44. The molecule has 0 bridgehead atoms. The first kappa shape index (κ1) is 41.2. The van der Waals surface area contributed by atoms with Crippen LogP contribution in [-0.4, -0.2) is 60.7 Å². The monoisotopic (exact) mass is 814 g/mol. The summed E-state index contributed by atoms with van der Waals surface area (Å²) in [4.78, 5) is 31.2. The molecule has 1 aliphatic carbocycles. The molecule has 2 amide bonds. The molecular weight excluding hydrogens is 778 g/mol. The van der Waals surface area contributed by atoms with Gasteiger partial charge in [0.15, 0.2) is 5.82 Å². The van der Waals surface area contributed by atoms with E-state index < -0.39 is 71.3 Å². The van der Waals surface area contributed by atoms with Crippen LogP contribution in [0.25, 0.3) is 22.0 Å². The van der Waals surface area contributed by atoms with Crippen molar-refractivity contribution in [2.45, 2.75) is 64.1 Å². The van der Waals surface area contributed by atoms with E-state index in [9.17, 15) is 32.3 Å². The third kappa shape index (κ3) is 8.63. The Balaban J connectivity index is 1.52. The number of aryl methyl sites for hydroxylation is 1. The lowest BCUT2D eigenvalue weighted by Crippen LogP contribution is -2.35. The number of nitrogens with zero attached hydrogens (tertiary/aromatic N) is 5. The fourth-order valence-electron chi connectivity index (χ4n) is 6.88. The normalized spacial score (nSPS) is 15.4. The first-order valence-corrected chi connectivity index (χ1v) is 18.0. The molecule has 2 atom stereocenters. The van der Waals surface area contributed by atoms with Crippen molar-refractivity contribution in [3.05, 3.63) is 93.0 Å². The topological polar surface area (TPSA) is 139 Å². The number of pyridine rings is 1. The highest BCUT2D eigenvalue weighted by Gasteiger charge is 2.51. The van der Waals surface area contributed by atoms with Gasteiger partial charge < -0.3 is 21.1 Å². The third-order valence-electron chi connectivity index (χ3n) is 9.30. The van der Waals surface area contributed by atoms with Gasteiger partial charge in [0.1, 0.15) is 40.9 Å². The molecule has 0 spiro atoms. The van der Waals surface area contributed by atoms with Gasteiger partial charge in [0.2, 0.25) is 11.8 Å². The largest absolute Gasteiger partial charge is 0.378 e. The predicted molar refractivity (Wildman–Crippen MR) is 200 cm³/mol. The summed E-state index contributed by atoms with van der Waals surface area (Å²) in [5.74, 6) is -2.51. The van der Waals surface area contributed by atoms with Crippen molar-refractivity contribution in [3.63, 3.8) is 0 Å². The fraction of sp³-hybridized carbons (Fsp3) is 0.359. The van der Waals surface area contributed by atoms with Crippen molar-refractivity contribution >= 4 is 40.1 Å². The van der Waals surface area contributed by atoms with Crippen molar-refractivity contribution < 1.29 is 41.0 Å². The molecular formula is C39H37ClF6N8O3. The van der Waals surface area contributed by atoms with E-state index in [1.165, 1.54) is 31.5 Å². The number of carbonyl (C=O) groups excluding carboxylic acids is 2. The molecule has 0 unspecified atom stereocenters. The SMILES string of the molecule is CNCC(=O)Nc1nn(C)c2c(-c3ccc(C#CC(C)(C)O)nc3[C@H](Cc3cc(F)cc(F)c3)NC(=O)Cn3nc(C(F)F)c4c3C(F)(F)[C@H](C)C4)ccc(Cl)c12. The van der Waals surface area contributed by atoms with Gasteiger partial charge in [-0.1, -0.05) is 30.5 Å². The first-order valence-electron chi connectivity index (χ1n) is 17.6. The van der Waals surface area contributed by atoms with E-state index in [2.05, 4.69) is 38.0 Å². The Morgan fingerprint density at radius 2 is 1.74 bits per heavy atom. The standard InChI is InChI=1S/C39H37ClF6N8O3/c1-19-12-26-33(36(43)44)51-54(35(26)39(19,45)46)18-30(56)49-28(15-20-13-21(41)16-22(42)14-20)32-24(7-6-23(48-32)10-11-38(2,3)57)25-8-9-27(40)31-34(25)53(5)52-37(31)50-29(55)17-47-4/h6-9,13-14,16,19,28,36,47,57H,12,15,17-18H2,1-5H3,(H,49,56)(H,50,52,55)/t19-,28+/m1/s1. The third-order valence-corrected chi connectivity index (χ3v) is 9.61. The summed E-state index contributed by atoms with van der Waals surface area (Å²) in [5, 5.41) is 27.3. The molecule has 3 heterocycles. The summed E-state index contributed by atoms with van der Waals surface area (Å²) >= 11 is 6.67. The van der Waals surface area contributed by atoms with Crippen LogP contribution in [0, 0.1) is 29.4 Å². The molecule has 0 aliphatic heterocycles. The van der Waals surface area contributed by atoms with Gasteiger partial charge in [-0.3, -0.25) is 19.0 Å². The van der Waals surface area contributed by atoms with E-state index in [4.69, 9.17) is 16.6 Å². The van der Waals surface area contributed by atoms with Gasteiger partial charge >= 0.3 is 0 Å². The van der Waals surface area contributed by atoms with Crippen LogP contribution in [-0.2, 0) is 41.9 Å². The Morgan fingerprint density at radius 3 is 2.39 bits per heavy atom. The highest BCUT2D eigenvalue weighted by Crippen LogP contribution is 2.48. The van der Waals surface area contributed by atoms with E-state index in [0.717, 1.165) is 12.1 Å². The molecule has 6 rings (SSSR count). The van der Waals surface area contributed by atoms with E-state index >= 15 is 8.78 Å². The van der Waals surface area contributed by atoms with Crippen LogP contribution in [0.15, 0.2) is 42.5 Å². The fourth-order valence-corrected chi connectivity index (χ4v) is 7.12. The van der Waals surface area contributed by atoms with Crippen LogP contribution in [0.4, 0.5) is 32.2 Å². The average molecular weight is 815 g/mol. The number of benzene rings is 2. The van der Waals surface area contributed by atoms with Gasteiger partial charge in [0, 0.05) is 35.7 Å². The number of amides is 2. The molecule has 0 saturated carbocycles. The Bertz CT molecular complexity index is 2430. The zero-order valence-electron chi connectivity index (χ0n) is 31.2. The Morgan fingerprint density at radius 1 is 1.05 bits per heavy atom. The number of anilines is 1. The van der Waals surface area contributed by atoms with Gasteiger partial charge in [-0.2, -0.15) is 19.0 Å². The molecule has 1 aliphatic rings. The van der Waals surface area contributed by atoms with E-state index in [1.54, 1.807) is 32.3 Å². The maximum Gasteiger partial charge on any atom is 0.292 e. The van der Waals surface area contributed by atoms with Gasteiger partial charge in [0.05, 0.1) is 34.2 Å². The van der Waals surface area contributed by atoms with Crippen molar-refractivity contribution in [1.82, 2.24) is 35.2 Å². The molecule has 11 nitrogen and oxygen atoms in total. The number of likely N-dealkylation sites (N-methyl/N-ethyl adjacent to an activating group) is 1. The number of aliphatic hydroxyl groups is 1. The molecule has 2 aromatic carbocycles. The molecule has 0 saturated heterocycles. The Kier molecular flexibility index (Phi) is 11.4.